The number of rotatable bonds is 5. The summed E-state index contributed by atoms with van der Waals surface area (Å²) < 4.78 is 1.72. The number of likely N-dealkylation sites (tertiary alicyclic amines) is 1. The summed E-state index contributed by atoms with van der Waals surface area (Å²) in [6.07, 6.45) is 3.94. The molecule has 2 aromatic rings. The highest BCUT2D eigenvalue weighted by Gasteiger charge is 2.35. The monoisotopic (exact) mass is 326 g/mol. The van der Waals surface area contributed by atoms with Crippen LogP contribution >= 0.6 is 0 Å². The second-order valence-corrected chi connectivity index (χ2v) is 6.38. The minimum Gasteiger partial charge on any atom is -0.341 e. The molecule has 1 saturated heterocycles. The molecule has 6 heteroatoms. The largest absolute Gasteiger partial charge is 0.341 e. The molecule has 126 valence electrons. The molecule has 0 radical (unpaired) electrons. The zero-order chi connectivity index (χ0) is 17.1. The van der Waals surface area contributed by atoms with E-state index in [0.717, 1.165) is 11.1 Å². The van der Waals surface area contributed by atoms with Crippen LogP contribution in [0.4, 0.5) is 0 Å². The van der Waals surface area contributed by atoms with Crippen LogP contribution in [-0.4, -0.2) is 45.0 Å². The number of benzene rings is 1. The Labute approximate surface area is 141 Å². The van der Waals surface area contributed by atoms with E-state index in [0.29, 0.717) is 26.1 Å². The first-order valence-electron chi connectivity index (χ1n) is 8.07. The van der Waals surface area contributed by atoms with Gasteiger partial charge in [-0.2, -0.15) is 5.10 Å². The van der Waals surface area contributed by atoms with Gasteiger partial charge in [-0.15, -0.1) is 0 Å². The average molecular weight is 326 g/mol. The molecular weight excluding hydrogens is 304 g/mol. The van der Waals surface area contributed by atoms with Crippen molar-refractivity contribution in [3.63, 3.8) is 0 Å². The highest BCUT2D eigenvalue weighted by atomic mass is 16.2. The van der Waals surface area contributed by atoms with Crippen LogP contribution in [0.15, 0.2) is 42.7 Å². The van der Waals surface area contributed by atoms with Crippen molar-refractivity contribution in [3.8, 4) is 0 Å². The van der Waals surface area contributed by atoms with E-state index in [4.69, 9.17) is 0 Å². The van der Waals surface area contributed by atoms with Crippen LogP contribution in [0.3, 0.4) is 0 Å². The fourth-order valence-electron chi connectivity index (χ4n) is 3.11. The van der Waals surface area contributed by atoms with Crippen LogP contribution in [-0.2, 0) is 29.7 Å². The Morgan fingerprint density at radius 2 is 2.04 bits per heavy atom. The number of carbonyl (C=O) groups is 2. The normalized spacial score (nSPS) is 17.3. The van der Waals surface area contributed by atoms with Crippen molar-refractivity contribution >= 4 is 11.8 Å². The lowest BCUT2D eigenvalue weighted by molar-refractivity contribution is -0.135. The molecule has 1 aromatic heterocycles. The summed E-state index contributed by atoms with van der Waals surface area (Å²) in [6, 6.07) is 9.86. The Balaban J connectivity index is 1.59. The quantitative estimate of drug-likeness (QED) is 0.835. The molecule has 1 atom stereocenters. The maximum absolute atomic E-state index is 12.6. The lowest BCUT2D eigenvalue weighted by atomic mass is 10.1. The second-order valence-electron chi connectivity index (χ2n) is 6.38. The smallest absolute Gasteiger partial charge is 0.228 e. The topological polar surface area (TPSA) is 58.4 Å². The fraction of sp³-hybridized carbons (Fsp3) is 0.389. The zero-order valence-corrected chi connectivity index (χ0v) is 14.1. The summed E-state index contributed by atoms with van der Waals surface area (Å²) in [5.74, 6) is -0.197. The molecule has 0 aliphatic carbocycles. The van der Waals surface area contributed by atoms with Crippen LogP contribution in [0.25, 0.3) is 0 Å². The average Bonchev–Trinajstić information content (AvgIpc) is 3.14. The predicted octanol–water partition coefficient (Wildman–Crippen LogP) is 1.43. The van der Waals surface area contributed by atoms with Crippen molar-refractivity contribution in [1.82, 2.24) is 19.6 Å². The maximum Gasteiger partial charge on any atom is 0.228 e. The van der Waals surface area contributed by atoms with Crippen LogP contribution in [0.5, 0.6) is 0 Å². The summed E-state index contributed by atoms with van der Waals surface area (Å²) in [4.78, 5) is 28.3. The Bertz CT molecular complexity index is 726. The van der Waals surface area contributed by atoms with Crippen molar-refractivity contribution in [2.45, 2.75) is 19.5 Å². The van der Waals surface area contributed by atoms with Crippen molar-refractivity contribution in [1.29, 1.82) is 0 Å². The summed E-state index contributed by atoms with van der Waals surface area (Å²) in [7, 11) is 3.63. The summed E-state index contributed by atoms with van der Waals surface area (Å²) >= 11 is 0. The van der Waals surface area contributed by atoms with Gasteiger partial charge in [0.1, 0.15) is 0 Å². The molecule has 1 aromatic carbocycles. The molecule has 1 aliphatic rings. The lowest BCUT2D eigenvalue weighted by Crippen LogP contribution is -2.34. The second kappa shape index (κ2) is 6.86. The lowest BCUT2D eigenvalue weighted by Gasteiger charge is -2.21. The Morgan fingerprint density at radius 1 is 1.29 bits per heavy atom. The van der Waals surface area contributed by atoms with Crippen LogP contribution in [0.1, 0.15) is 17.5 Å². The van der Waals surface area contributed by atoms with E-state index in [2.05, 4.69) is 5.10 Å². The van der Waals surface area contributed by atoms with Gasteiger partial charge in [0.25, 0.3) is 0 Å². The van der Waals surface area contributed by atoms with Gasteiger partial charge in [0.05, 0.1) is 12.1 Å². The number of nitrogens with zero attached hydrogens (tertiary/aromatic N) is 4. The van der Waals surface area contributed by atoms with E-state index in [9.17, 15) is 9.59 Å². The molecule has 0 saturated carbocycles. The van der Waals surface area contributed by atoms with Crippen molar-refractivity contribution in [2.24, 2.45) is 13.0 Å². The predicted molar refractivity (Wildman–Crippen MR) is 89.6 cm³/mol. The molecular formula is C18H22N4O2. The summed E-state index contributed by atoms with van der Waals surface area (Å²) in [6.45, 7) is 1.57. The highest BCUT2D eigenvalue weighted by Crippen LogP contribution is 2.22. The molecule has 0 N–H and O–H groups in total. The number of carbonyl (C=O) groups excluding carboxylic acids is 2. The van der Waals surface area contributed by atoms with Crippen molar-refractivity contribution in [2.75, 3.05) is 13.6 Å². The van der Waals surface area contributed by atoms with Gasteiger partial charge in [-0.1, -0.05) is 30.3 Å². The van der Waals surface area contributed by atoms with E-state index in [1.54, 1.807) is 27.7 Å². The number of amides is 2. The molecule has 0 unspecified atom stereocenters. The van der Waals surface area contributed by atoms with Gasteiger partial charge in [-0.3, -0.25) is 14.3 Å². The van der Waals surface area contributed by atoms with E-state index in [1.807, 2.05) is 43.6 Å². The Hall–Kier alpha value is -2.63. The molecule has 24 heavy (non-hydrogen) atoms. The van der Waals surface area contributed by atoms with Crippen molar-refractivity contribution < 1.29 is 9.59 Å². The molecule has 1 fully saturated rings. The van der Waals surface area contributed by atoms with Crippen LogP contribution in [0, 0.1) is 5.92 Å². The Kier molecular flexibility index (Phi) is 4.64. The molecule has 0 spiro atoms. The van der Waals surface area contributed by atoms with Crippen LogP contribution in [0.2, 0.25) is 0 Å². The molecule has 2 heterocycles. The highest BCUT2D eigenvalue weighted by molar-refractivity contribution is 5.89. The number of aromatic nitrogens is 2. The van der Waals surface area contributed by atoms with E-state index < -0.39 is 0 Å². The summed E-state index contributed by atoms with van der Waals surface area (Å²) in [5, 5.41) is 4.11. The van der Waals surface area contributed by atoms with Gasteiger partial charge in [0.15, 0.2) is 0 Å². The zero-order valence-electron chi connectivity index (χ0n) is 14.1. The van der Waals surface area contributed by atoms with Crippen molar-refractivity contribution in [3.05, 3.63) is 53.9 Å². The molecule has 2 amide bonds. The molecule has 1 aliphatic heterocycles. The number of hydrogen-bond acceptors (Lipinski definition) is 3. The van der Waals surface area contributed by atoms with Gasteiger partial charge in [-0.25, -0.2) is 0 Å². The molecule has 0 bridgehead atoms. The maximum atomic E-state index is 12.6. The SMILES string of the molecule is CN(Cc1cnn(C)c1)C(=O)[C@H]1CC(=O)N(Cc2ccccc2)C1. The molecule has 6 nitrogen and oxygen atoms in total. The third-order valence-electron chi connectivity index (χ3n) is 4.33. The van der Waals surface area contributed by atoms with Gasteiger partial charge in [-0.05, 0) is 5.56 Å². The number of hydrogen-bond donors (Lipinski definition) is 0. The standard InChI is InChI=1S/C18H22N4O2/c1-20(10-15-9-19-21(2)11-15)18(24)16-8-17(23)22(13-16)12-14-6-4-3-5-7-14/h3-7,9,11,16H,8,10,12-13H2,1-2H3/t16-/m0/s1. The third kappa shape index (κ3) is 3.64. The van der Waals surface area contributed by atoms with E-state index >= 15 is 0 Å². The summed E-state index contributed by atoms with van der Waals surface area (Å²) in [5.41, 5.74) is 2.07. The van der Waals surface area contributed by atoms with Gasteiger partial charge >= 0.3 is 0 Å². The van der Waals surface area contributed by atoms with Gasteiger partial charge in [0, 0.05) is 51.9 Å². The Morgan fingerprint density at radius 3 is 2.71 bits per heavy atom. The first kappa shape index (κ1) is 16.2. The molecule has 3 rings (SSSR count). The first-order valence-corrected chi connectivity index (χ1v) is 8.07. The van der Waals surface area contributed by atoms with Gasteiger partial charge in [0.2, 0.25) is 11.8 Å². The first-order chi connectivity index (χ1) is 11.5. The third-order valence-corrected chi connectivity index (χ3v) is 4.33. The number of aryl methyl sites for hydroxylation is 1. The van der Waals surface area contributed by atoms with Crippen LogP contribution < -0.4 is 0 Å². The fourth-order valence-corrected chi connectivity index (χ4v) is 3.11. The van der Waals surface area contributed by atoms with E-state index in [1.165, 1.54) is 0 Å². The van der Waals surface area contributed by atoms with Gasteiger partial charge < -0.3 is 9.80 Å². The van der Waals surface area contributed by atoms with E-state index in [-0.39, 0.29) is 17.7 Å². The minimum atomic E-state index is -0.261. The minimum absolute atomic E-state index is 0.0164.